The van der Waals surface area contributed by atoms with E-state index in [1.165, 1.54) is 7.11 Å². The number of quaternary nitrogens is 1. The zero-order valence-electron chi connectivity index (χ0n) is 15.4. The van der Waals surface area contributed by atoms with E-state index in [1.54, 1.807) is 0 Å². The maximum atomic E-state index is 13.8. The van der Waals surface area contributed by atoms with E-state index < -0.39 is 39.6 Å². The highest BCUT2D eigenvalue weighted by Crippen LogP contribution is 2.64. The molecule has 3 heterocycles. The summed E-state index contributed by atoms with van der Waals surface area (Å²) in [4.78, 5) is 12.7. The molecule has 2 saturated heterocycles. The van der Waals surface area contributed by atoms with Gasteiger partial charge in [0.1, 0.15) is 22.8 Å². The number of esters is 1. The number of hydroxylamine groups is 3. The van der Waals surface area contributed by atoms with Crippen LogP contribution in [0.5, 0.6) is 0 Å². The number of para-hydroxylation sites is 1. The predicted molar refractivity (Wildman–Crippen MR) is 97.7 cm³/mol. The molecule has 5 rings (SSSR count). The highest BCUT2D eigenvalue weighted by Gasteiger charge is 2.76. The van der Waals surface area contributed by atoms with Gasteiger partial charge in [-0.3, -0.25) is 0 Å². The smallest absolute Gasteiger partial charge is 0.337 e. The van der Waals surface area contributed by atoms with Crippen molar-refractivity contribution >= 4 is 11.7 Å². The second-order valence-electron chi connectivity index (χ2n) is 8.42. The van der Waals surface area contributed by atoms with E-state index in [2.05, 4.69) is 5.32 Å². The van der Waals surface area contributed by atoms with Crippen LogP contribution in [0, 0.1) is 11.1 Å². The van der Waals surface area contributed by atoms with Crippen molar-refractivity contribution in [3.05, 3.63) is 46.4 Å². The van der Waals surface area contributed by atoms with Gasteiger partial charge in [-0.25, -0.2) is 4.79 Å². The molecule has 3 N–H and O–H groups in total. The van der Waals surface area contributed by atoms with Crippen molar-refractivity contribution in [2.24, 2.45) is 5.92 Å². The van der Waals surface area contributed by atoms with Crippen LogP contribution in [0.1, 0.15) is 25.3 Å². The number of carbonyl (C=O) groups excluding carboxylic acids is 1. The summed E-state index contributed by atoms with van der Waals surface area (Å²) in [6.45, 7) is 2.48. The van der Waals surface area contributed by atoms with E-state index >= 15 is 0 Å². The third-order valence-corrected chi connectivity index (χ3v) is 7.52. The van der Waals surface area contributed by atoms with Crippen LogP contribution in [0.4, 0.5) is 5.69 Å². The molecule has 0 saturated carbocycles. The number of aliphatic hydroxyl groups excluding tert-OH is 1. The number of benzene rings is 1. The second kappa shape index (κ2) is 5.04. The molecule has 144 valence electrons. The highest BCUT2D eigenvalue weighted by molar-refractivity contribution is 5.91. The first kappa shape index (κ1) is 17.0. The summed E-state index contributed by atoms with van der Waals surface area (Å²) in [7, 11) is 1.28. The van der Waals surface area contributed by atoms with Gasteiger partial charge in [0.05, 0.1) is 31.8 Å². The van der Waals surface area contributed by atoms with Crippen LogP contribution in [0.2, 0.25) is 0 Å². The van der Waals surface area contributed by atoms with Gasteiger partial charge >= 0.3 is 5.97 Å². The lowest BCUT2D eigenvalue weighted by molar-refractivity contribution is -0.910. The van der Waals surface area contributed by atoms with Gasteiger partial charge in [-0.1, -0.05) is 18.2 Å². The number of rotatable bonds is 1. The Hall–Kier alpha value is -2.09. The van der Waals surface area contributed by atoms with Crippen LogP contribution in [0.3, 0.4) is 0 Å². The van der Waals surface area contributed by atoms with Gasteiger partial charge in [-0.2, -0.15) is 0 Å². The van der Waals surface area contributed by atoms with Crippen LogP contribution in [0.25, 0.3) is 0 Å². The lowest BCUT2D eigenvalue weighted by atomic mass is 9.54. The van der Waals surface area contributed by atoms with E-state index in [0.29, 0.717) is 25.9 Å². The largest absolute Gasteiger partial charge is 0.632 e. The molecule has 0 radical (unpaired) electrons. The summed E-state index contributed by atoms with van der Waals surface area (Å²) < 4.78 is 4.45. The van der Waals surface area contributed by atoms with E-state index in [4.69, 9.17) is 4.74 Å². The molecule has 0 amide bonds. The summed E-state index contributed by atoms with van der Waals surface area (Å²) in [6, 6.07) is 6.31. The van der Waals surface area contributed by atoms with Crippen molar-refractivity contribution in [2.45, 2.75) is 42.9 Å². The Bertz CT molecular complexity index is 885. The molecule has 6 atom stereocenters. The molecule has 4 bridgehead atoms. The summed E-state index contributed by atoms with van der Waals surface area (Å²) in [5.74, 6) is -1.36. The SMILES string of the molecule is COC(=O)C1=C(O)[C@@]23CC[N+]4([O-])CC[C@H]1[C@](O)([C@H](C)Nc1ccccc12)[C@H]34. The highest BCUT2D eigenvalue weighted by atomic mass is 16.6. The minimum Gasteiger partial charge on any atom is -0.632 e. The standard InChI is InChI=1S/C20H24N2O5/c1-11-20(25)13-7-9-22(26)10-8-19(18(20)22,16(23)15(13)17(24)27-2)12-5-3-4-6-14(12)21-11/h3-6,11,13,18,21,23,25H,7-10H2,1-2H3/t11-,13+,18-,19+,20+,22?/m0/s1. The molecule has 27 heavy (non-hydrogen) atoms. The van der Waals surface area contributed by atoms with Crippen LogP contribution >= 0.6 is 0 Å². The first-order chi connectivity index (χ1) is 12.8. The number of anilines is 1. The number of piperidine rings is 1. The van der Waals surface area contributed by atoms with Crippen molar-refractivity contribution in [1.29, 1.82) is 0 Å². The normalized spacial score (nSPS) is 44.2. The Morgan fingerprint density at radius 3 is 2.85 bits per heavy atom. The summed E-state index contributed by atoms with van der Waals surface area (Å²) in [6.07, 6.45) is 0.720. The molecule has 1 aromatic carbocycles. The van der Waals surface area contributed by atoms with Gasteiger partial charge in [0, 0.05) is 24.4 Å². The zero-order chi connectivity index (χ0) is 19.2. The minimum atomic E-state index is -1.47. The van der Waals surface area contributed by atoms with Crippen LogP contribution in [-0.4, -0.2) is 58.7 Å². The van der Waals surface area contributed by atoms with Crippen molar-refractivity contribution < 1.29 is 24.4 Å². The fraction of sp³-hybridized carbons (Fsp3) is 0.550. The molecule has 1 aliphatic carbocycles. The number of fused-ring (bicyclic) bond motifs is 1. The monoisotopic (exact) mass is 372 g/mol. The fourth-order valence-electron chi connectivity index (χ4n) is 6.49. The first-order valence-electron chi connectivity index (χ1n) is 9.49. The molecule has 3 aliphatic heterocycles. The lowest BCUT2D eigenvalue weighted by Gasteiger charge is -2.62. The number of carbonyl (C=O) groups is 1. The molecular weight excluding hydrogens is 348 g/mol. The first-order valence-corrected chi connectivity index (χ1v) is 9.49. The quantitative estimate of drug-likeness (QED) is 0.393. The number of hydrogen-bond donors (Lipinski definition) is 3. The molecule has 1 aromatic rings. The molecule has 0 spiro atoms. The average Bonchev–Trinajstić information content (AvgIpc) is 2.97. The van der Waals surface area contributed by atoms with Gasteiger partial charge in [0.2, 0.25) is 0 Å². The number of nitrogens with one attached hydrogen (secondary N) is 1. The van der Waals surface area contributed by atoms with Gasteiger partial charge < -0.3 is 30.1 Å². The van der Waals surface area contributed by atoms with Crippen molar-refractivity contribution in [2.75, 3.05) is 25.5 Å². The second-order valence-corrected chi connectivity index (χ2v) is 8.42. The average molecular weight is 372 g/mol. The number of hydrogen-bond acceptors (Lipinski definition) is 6. The molecular formula is C20H24N2O5. The number of nitrogens with zero attached hydrogens (tertiary/aromatic N) is 1. The van der Waals surface area contributed by atoms with E-state index in [0.717, 1.165) is 11.3 Å². The third-order valence-electron chi connectivity index (χ3n) is 7.52. The molecule has 4 aliphatic rings. The maximum Gasteiger partial charge on any atom is 0.337 e. The third kappa shape index (κ3) is 1.71. The zero-order valence-corrected chi connectivity index (χ0v) is 15.4. The molecule has 2 fully saturated rings. The summed E-state index contributed by atoms with van der Waals surface area (Å²) in [5, 5.41) is 40.6. The molecule has 7 heteroatoms. The number of aliphatic hydroxyl groups is 2. The topological polar surface area (TPSA) is 102 Å². The predicted octanol–water partition coefficient (Wildman–Crippen LogP) is 1.57. The Balaban J connectivity index is 1.93. The minimum absolute atomic E-state index is 0.0899. The molecule has 0 aromatic heterocycles. The van der Waals surface area contributed by atoms with E-state index in [-0.39, 0.29) is 11.3 Å². The Kier molecular flexibility index (Phi) is 3.18. The van der Waals surface area contributed by atoms with E-state index in [1.807, 2.05) is 31.2 Å². The Morgan fingerprint density at radius 1 is 1.37 bits per heavy atom. The number of methoxy groups -OCH3 is 1. The fourth-order valence-corrected chi connectivity index (χ4v) is 6.49. The lowest BCUT2D eigenvalue weighted by Crippen LogP contribution is -2.76. The van der Waals surface area contributed by atoms with Crippen LogP contribution in [-0.2, 0) is 14.9 Å². The molecule has 7 nitrogen and oxygen atoms in total. The van der Waals surface area contributed by atoms with Crippen molar-refractivity contribution in [3.8, 4) is 0 Å². The van der Waals surface area contributed by atoms with Crippen molar-refractivity contribution in [3.63, 3.8) is 0 Å². The van der Waals surface area contributed by atoms with Crippen LogP contribution < -0.4 is 5.32 Å². The van der Waals surface area contributed by atoms with Gasteiger partial charge in [0.15, 0.2) is 0 Å². The van der Waals surface area contributed by atoms with E-state index in [9.17, 15) is 20.2 Å². The summed E-state index contributed by atoms with van der Waals surface area (Å²) in [5.41, 5.74) is -0.864. The van der Waals surface area contributed by atoms with Gasteiger partial charge in [-0.05, 0) is 18.6 Å². The van der Waals surface area contributed by atoms with Gasteiger partial charge in [-0.15, -0.1) is 0 Å². The molecule has 1 unspecified atom stereocenters. The van der Waals surface area contributed by atoms with Gasteiger partial charge in [0.25, 0.3) is 0 Å². The number of ether oxygens (including phenoxy) is 1. The Morgan fingerprint density at radius 2 is 2.11 bits per heavy atom. The van der Waals surface area contributed by atoms with Crippen molar-refractivity contribution in [1.82, 2.24) is 0 Å². The maximum absolute atomic E-state index is 13.8. The van der Waals surface area contributed by atoms with Crippen LogP contribution in [0.15, 0.2) is 35.6 Å². The Labute approximate surface area is 157 Å². The summed E-state index contributed by atoms with van der Waals surface area (Å²) >= 11 is 0.